The molecule has 6 heteroatoms. The average molecular weight is 329 g/mol. The summed E-state index contributed by atoms with van der Waals surface area (Å²) >= 11 is 3.08. The minimum atomic E-state index is -0.597. The van der Waals surface area contributed by atoms with E-state index in [0.29, 0.717) is 12.2 Å². The number of rotatable bonds is 2. The molecule has 1 aliphatic rings. The molecule has 0 saturated carbocycles. The predicted octanol–water partition coefficient (Wildman–Crippen LogP) is 3.62. The van der Waals surface area contributed by atoms with Gasteiger partial charge in [-0.1, -0.05) is 13.0 Å². The third-order valence-electron chi connectivity index (χ3n) is 2.97. The van der Waals surface area contributed by atoms with Crippen LogP contribution in [-0.2, 0) is 4.74 Å². The molecule has 0 spiro atoms. The van der Waals surface area contributed by atoms with E-state index in [2.05, 4.69) is 26.2 Å². The van der Waals surface area contributed by atoms with Crippen LogP contribution in [0.5, 0.6) is 0 Å². The molecule has 102 valence electrons. The lowest BCUT2D eigenvalue weighted by molar-refractivity contribution is 0.0820. The topological polar surface area (TPSA) is 50.7 Å². The molecule has 0 bridgehead atoms. The molecular weight excluding hydrogens is 315 g/mol. The number of benzene rings is 1. The lowest BCUT2D eigenvalue weighted by atomic mass is 9.99. The van der Waals surface area contributed by atoms with Crippen LogP contribution in [0.25, 0.3) is 0 Å². The van der Waals surface area contributed by atoms with Crippen LogP contribution in [0.4, 0.5) is 14.9 Å². The van der Waals surface area contributed by atoms with Crippen LogP contribution in [0, 0.1) is 11.7 Å². The van der Waals surface area contributed by atoms with E-state index in [9.17, 15) is 9.18 Å². The number of halogens is 2. The van der Waals surface area contributed by atoms with E-state index in [1.165, 1.54) is 12.1 Å². The summed E-state index contributed by atoms with van der Waals surface area (Å²) in [7, 11) is 0. The van der Waals surface area contributed by atoms with Gasteiger partial charge in [-0.3, -0.25) is 10.3 Å². The number of ether oxygens (including phenoxy) is 1. The smallest absolute Gasteiger partial charge is 0.412 e. The van der Waals surface area contributed by atoms with Gasteiger partial charge in [-0.2, -0.15) is 0 Å². The fraction of sp³-hybridized carbons (Fsp3) is 0.385. The Kier molecular flexibility index (Phi) is 4.52. The minimum Gasteiger partial charge on any atom is -0.444 e. The lowest BCUT2D eigenvalue weighted by Crippen LogP contribution is -2.32. The number of hydrogen-bond donors (Lipinski definition) is 1. The Morgan fingerprint density at radius 3 is 3.11 bits per heavy atom. The molecule has 0 radical (unpaired) electrons. The molecule has 2 rings (SSSR count). The van der Waals surface area contributed by atoms with E-state index >= 15 is 0 Å². The van der Waals surface area contributed by atoms with Gasteiger partial charge in [0.25, 0.3) is 0 Å². The van der Waals surface area contributed by atoms with Gasteiger partial charge in [0.1, 0.15) is 11.9 Å². The Hall–Kier alpha value is -1.43. The summed E-state index contributed by atoms with van der Waals surface area (Å²) in [4.78, 5) is 15.9. The SMILES string of the molecule is CC1CC=NCC1OC(=O)Nc1cccc(F)c1Br. The highest BCUT2D eigenvalue weighted by Gasteiger charge is 2.23. The first-order chi connectivity index (χ1) is 9.08. The van der Waals surface area contributed by atoms with Gasteiger partial charge in [0.05, 0.1) is 16.7 Å². The van der Waals surface area contributed by atoms with Gasteiger partial charge < -0.3 is 4.74 Å². The van der Waals surface area contributed by atoms with E-state index in [1.54, 1.807) is 6.07 Å². The second kappa shape index (κ2) is 6.14. The number of anilines is 1. The molecule has 2 unspecified atom stereocenters. The van der Waals surface area contributed by atoms with Crippen LogP contribution in [-0.4, -0.2) is 25.0 Å². The van der Waals surface area contributed by atoms with Crippen molar-refractivity contribution >= 4 is 33.9 Å². The Balaban J connectivity index is 1.98. The van der Waals surface area contributed by atoms with E-state index in [-0.39, 0.29) is 16.5 Å². The molecule has 0 saturated heterocycles. The maximum atomic E-state index is 13.3. The molecule has 19 heavy (non-hydrogen) atoms. The van der Waals surface area contributed by atoms with Crippen molar-refractivity contribution in [2.45, 2.75) is 19.4 Å². The maximum absolute atomic E-state index is 13.3. The monoisotopic (exact) mass is 328 g/mol. The fourth-order valence-corrected chi connectivity index (χ4v) is 2.15. The number of amides is 1. The summed E-state index contributed by atoms with van der Waals surface area (Å²) < 4.78 is 18.8. The first-order valence-corrected chi connectivity index (χ1v) is 6.77. The Morgan fingerprint density at radius 1 is 1.58 bits per heavy atom. The van der Waals surface area contributed by atoms with Crippen LogP contribution in [0.15, 0.2) is 27.7 Å². The number of hydrogen-bond acceptors (Lipinski definition) is 3. The van der Waals surface area contributed by atoms with E-state index in [4.69, 9.17) is 4.74 Å². The first kappa shape index (κ1) is 14.0. The second-order valence-electron chi connectivity index (χ2n) is 4.43. The molecule has 1 aromatic carbocycles. The van der Waals surface area contributed by atoms with Crippen molar-refractivity contribution < 1.29 is 13.9 Å². The molecule has 2 atom stereocenters. The van der Waals surface area contributed by atoms with Gasteiger partial charge >= 0.3 is 6.09 Å². The highest BCUT2D eigenvalue weighted by atomic mass is 79.9. The third kappa shape index (κ3) is 3.53. The summed E-state index contributed by atoms with van der Waals surface area (Å²) in [5, 5.41) is 2.52. The minimum absolute atomic E-state index is 0.210. The van der Waals surface area contributed by atoms with Crippen LogP contribution < -0.4 is 5.32 Å². The van der Waals surface area contributed by atoms with Crippen molar-refractivity contribution in [3.63, 3.8) is 0 Å². The van der Waals surface area contributed by atoms with Gasteiger partial charge in [-0.05, 0) is 46.6 Å². The van der Waals surface area contributed by atoms with Gasteiger partial charge in [-0.15, -0.1) is 0 Å². The summed E-state index contributed by atoms with van der Waals surface area (Å²) in [6, 6.07) is 4.42. The van der Waals surface area contributed by atoms with Gasteiger partial charge in [-0.25, -0.2) is 9.18 Å². The standard InChI is InChI=1S/C13H14BrFN2O2/c1-8-5-6-16-7-11(8)19-13(18)17-10-4-2-3-9(15)12(10)14/h2-4,6,8,11H,5,7H2,1H3,(H,17,18). The summed E-state index contributed by atoms with van der Waals surface area (Å²) in [5.41, 5.74) is 0.344. The molecule has 0 fully saturated rings. The van der Waals surface area contributed by atoms with Gasteiger partial charge in [0, 0.05) is 0 Å². The van der Waals surface area contributed by atoms with Crippen molar-refractivity contribution in [1.82, 2.24) is 0 Å². The Morgan fingerprint density at radius 2 is 2.37 bits per heavy atom. The molecule has 1 amide bonds. The highest BCUT2D eigenvalue weighted by molar-refractivity contribution is 9.10. The van der Waals surface area contributed by atoms with Gasteiger partial charge in [0.15, 0.2) is 0 Å². The van der Waals surface area contributed by atoms with Crippen molar-refractivity contribution in [3.8, 4) is 0 Å². The quantitative estimate of drug-likeness (QED) is 0.901. The van der Waals surface area contributed by atoms with Crippen LogP contribution in [0.3, 0.4) is 0 Å². The largest absolute Gasteiger partial charge is 0.444 e. The van der Waals surface area contributed by atoms with Crippen molar-refractivity contribution in [3.05, 3.63) is 28.5 Å². The number of nitrogens with zero attached hydrogens (tertiary/aromatic N) is 1. The zero-order valence-corrected chi connectivity index (χ0v) is 12.0. The molecule has 1 N–H and O–H groups in total. The van der Waals surface area contributed by atoms with E-state index in [0.717, 1.165) is 6.42 Å². The third-order valence-corrected chi connectivity index (χ3v) is 3.78. The zero-order valence-electron chi connectivity index (χ0n) is 10.4. The average Bonchev–Trinajstić information content (AvgIpc) is 2.38. The maximum Gasteiger partial charge on any atom is 0.412 e. The first-order valence-electron chi connectivity index (χ1n) is 5.98. The Bertz CT molecular complexity index is 507. The van der Waals surface area contributed by atoms with Crippen LogP contribution >= 0.6 is 15.9 Å². The zero-order chi connectivity index (χ0) is 13.8. The lowest BCUT2D eigenvalue weighted by Gasteiger charge is -2.24. The molecule has 1 heterocycles. The number of aliphatic imine (C=N–C) groups is 1. The van der Waals surface area contributed by atoms with Gasteiger partial charge in [0.2, 0.25) is 0 Å². The normalized spacial score (nSPS) is 22.1. The summed E-state index contributed by atoms with van der Waals surface area (Å²) in [6.45, 7) is 2.47. The second-order valence-corrected chi connectivity index (χ2v) is 5.22. The number of carbonyl (C=O) groups excluding carboxylic acids is 1. The van der Waals surface area contributed by atoms with Crippen molar-refractivity contribution in [1.29, 1.82) is 0 Å². The fourth-order valence-electron chi connectivity index (χ4n) is 1.78. The van der Waals surface area contributed by atoms with Crippen LogP contribution in [0.2, 0.25) is 0 Å². The van der Waals surface area contributed by atoms with Crippen molar-refractivity contribution in [2.75, 3.05) is 11.9 Å². The van der Waals surface area contributed by atoms with E-state index < -0.39 is 11.9 Å². The molecule has 0 aromatic heterocycles. The number of carbonyl (C=O) groups is 1. The van der Waals surface area contributed by atoms with Crippen LogP contribution in [0.1, 0.15) is 13.3 Å². The highest BCUT2D eigenvalue weighted by Crippen LogP contribution is 2.25. The molecule has 4 nitrogen and oxygen atoms in total. The predicted molar refractivity (Wildman–Crippen MR) is 75.1 cm³/mol. The molecule has 1 aliphatic heterocycles. The summed E-state index contributed by atoms with van der Waals surface area (Å²) in [5.74, 6) is -0.201. The van der Waals surface area contributed by atoms with E-state index in [1.807, 2.05) is 13.1 Å². The van der Waals surface area contributed by atoms with Crippen molar-refractivity contribution in [2.24, 2.45) is 10.9 Å². The molecular formula is C13H14BrFN2O2. The number of nitrogens with one attached hydrogen (secondary N) is 1. The summed E-state index contributed by atoms with van der Waals surface area (Å²) in [6.07, 6.45) is 1.80. The molecule has 0 aliphatic carbocycles. The molecule has 1 aromatic rings. The Labute approximate surface area is 119 Å².